The van der Waals surface area contributed by atoms with Gasteiger partial charge in [0.05, 0.1) is 0 Å². The number of benzene rings is 1. The van der Waals surface area contributed by atoms with Crippen LogP contribution in [0.25, 0.3) is 11.0 Å². The quantitative estimate of drug-likeness (QED) is 0.798. The molecule has 0 aliphatic heterocycles. The van der Waals surface area contributed by atoms with Gasteiger partial charge in [-0.15, -0.1) is 0 Å². The molecule has 25 heavy (non-hydrogen) atoms. The molecule has 7 nitrogen and oxygen atoms in total. The van der Waals surface area contributed by atoms with Gasteiger partial charge in [-0.3, -0.25) is 9.59 Å². The number of carbonyl (C=O) groups excluding carboxylic acids is 1. The maximum atomic E-state index is 12.0. The van der Waals surface area contributed by atoms with Crippen LogP contribution in [0.4, 0.5) is 0 Å². The Kier molecular flexibility index (Phi) is 4.48. The van der Waals surface area contributed by atoms with E-state index in [1.165, 1.54) is 13.8 Å². The third kappa shape index (κ3) is 3.35. The van der Waals surface area contributed by atoms with Crippen LogP contribution in [0.3, 0.4) is 0 Å². The number of hydrogen-bond donors (Lipinski definition) is 2. The van der Waals surface area contributed by atoms with Crippen LogP contribution in [-0.2, 0) is 22.4 Å². The summed E-state index contributed by atoms with van der Waals surface area (Å²) in [6, 6.07) is 4.11. The summed E-state index contributed by atoms with van der Waals surface area (Å²) in [5.41, 5.74) is 1.88. The first-order valence-electron chi connectivity index (χ1n) is 8.15. The van der Waals surface area contributed by atoms with Crippen LogP contribution in [0.1, 0.15) is 31.4 Å². The van der Waals surface area contributed by atoms with E-state index >= 15 is 0 Å². The summed E-state index contributed by atoms with van der Waals surface area (Å²) >= 11 is 0. The van der Waals surface area contributed by atoms with E-state index in [0.29, 0.717) is 11.3 Å². The number of carboxylic acid groups (broad SMARTS) is 1. The lowest BCUT2D eigenvalue weighted by atomic mass is 10.1. The lowest BCUT2D eigenvalue weighted by molar-refractivity contribution is -0.142. The van der Waals surface area contributed by atoms with Crippen molar-refractivity contribution in [3.05, 3.63) is 39.7 Å². The Bertz CT molecular complexity index is 900. The Hall–Kier alpha value is -2.83. The predicted molar refractivity (Wildman–Crippen MR) is 89.8 cm³/mol. The molecule has 132 valence electrons. The zero-order chi connectivity index (χ0) is 18.1. The van der Waals surface area contributed by atoms with Crippen LogP contribution in [0.2, 0.25) is 0 Å². The minimum Gasteiger partial charge on any atom is -0.481 e. The van der Waals surface area contributed by atoms with Crippen molar-refractivity contribution in [2.24, 2.45) is 0 Å². The molecule has 2 atom stereocenters. The second-order valence-corrected chi connectivity index (χ2v) is 6.19. The molecule has 1 aliphatic rings. The average Bonchev–Trinajstić information content (AvgIpc) is 3.05. The van der Waals surface area contributed by atoms with E-state index in [1.807, 2.05) is 6.07 Å². The predicted octanol–water partition coefficient (Wildman–Crippen LogP) is 1.64. The summed E-state index contributed by atoms with van der Waals surface area (Å²) in [6.07, 6.45) is 1.64. The molecule has 1 heterocycles. The SMILES string of the molecule is C[C@@H](NC(=O)[C@@H](C)Oc1ccc2c3c(c(=O)oc2c1)CCC3)C(=O)O. The molecule has 0 radical (unpaired) electrons. The lowest BCUT2D eigenvalue weighted by Gasteiger charge is -2.17. The highest BCUT2D eigenvalue weighted by Crippen LogP contribution is 2.29. The number of nitrogens with one attached hydrogen (secondary N) is 1. The van der Waals surface area contributed by atoms with E-state index in [4.69, 9.17) is 14.3 Å². The second-order valence-electron chi connectivity index (χ2n) is 6.19. The van der Waals surface area contributed by atoms with Gasteiger partial charge in [-0.2, -0.15) is 0 Å². The molecule has 0 bridgehead atoms. The van der Waals surface area contributed by atoms with Gasteiger partial charge in [-0.1, -0.05) is 0 Å². The summed E-state index contributed by atoms with van der Waals surface area (Å²) in [7, 11) is 0. The normalized spacial score (nSPS) is 15.4. The van der Waals surface area contributed by atoms with Crippen molar-refractivity contribution >= 4 is 22.8 Å². The Morgan fingerprint density at radius 1 is 1.24 bits per heavy atom. The average molecular weight is 345 g/mol. The van der Waals surface area contributed by atoms with Gasteiger partial charge in [0, 0.05) is 17.0 Å². The largest absolute Gasteiger partial charge is 0.481 e. The molecular weight excluding hydrogens is 326 g/mol. The van der Waals surface area contributed by atoms with Crippen molar-refractivity contribution in [1.29, 1.82) is 0 Å². The standard InChI is InChI=1S/C18H19NO6/c1-9(17(21)22)19-16(20)10(2)24-11-6-7-13-12-4-3-5-14(12)18(23)25-15(13)8-11/h6-10H,3-5H2,1-2H3,(H,19,20)(H,21,22)/t9-,10-/m1/s1. The highest BCUT2D eigenvalue weighted by molar-refractivity contribution is 5.86. The number of amides is 1. The van der Waals surface area contributed by atoms with Gasteiger partial charge in [0.1, 0.15) is 17.4 Å². The number of hydrogen-bond acceptors (Lipinski definition) is 5. The van der Waals surface area contributed by atoms with E-state index in [2.05, 4.69) is 5.32 Å². The number of aryl methyl sites for hydroxylation is 1. The van der Waals surface area contributed by atoms with Gasteiger partial charge < -0.3 is 19.6 Å². The highest BCUT2D eigenvalue weighted by Gasteiger charge is 2.22. The van der Waals surface area contributed by atoms with Crippen molar-refractivity contribution in [1.82, 2.24) is 5.32 Å². The van der Waals surface area contributed by atoms with Gasteiger partial charge in [0.2, 0.25) is 0 Å². The molecule has 0 saturated heterocycles. The fourth-order valence-corrected chi connectivity index (χ4v) is 2.99. The van der Waals surface area contributed by atoms with Crippen LogP contribution in [0.15, 0.2) is 27.4 Å². The number of carbonyl (C=O) groups is 2. The van der Waals surface area contributed by atoms with E-state index in [-0.39, 0.29) is 5.63 Å². The number of ether oxygens (including phenoxy) is 1. The van der Waals surface area contributed by atoms with Gasteiger partial charge in [0.15, 0.2) is 6.10 Å². The van der Waals surface area contributed by atoms with E-state index in [9.17, 15) is 14.4 Å². The molecule has 0 spiro atoms. The minimum absolute atomic E-state index is 0.321. The molecule has 1 amide bonds. The van der Waals surface area contributed by atoms with Gasteiger partial charge in [0.25, 0.3) is 5.91 Å². The van der Waals surface area contributed by atoms with Gasteiger partial charge in [-0.05, 0) is 50.8 Å². The highest BCUT2D eigenvalue weighted by atomic mass is 16.5. The fraction of sp³-hybridized carbons (Fsp3) is 0.389. The van der Waals surface area contributed by atoms with E-state index in [1.54, 1.807) is 12.1 Å². The summed E-state index contributed by atoms with van der Waals surface area (Å²) in [6.45, 7) is 2.89. The maximum Gasteiger partial charge on any atom is 0.339 e. The molecule has 2 aromatic rings. The summed E-state index contributed by atoms with van der Waals surface area (Å²) in [5, 5.41) is 12.1. The molecule has 1 aromatic carbocycles. The third-order valence-electron chi connectivity index (χ3n) is 4.36. The van der Waals surface area contributed by atoms with Crippen molar-refractivity contribution < 1.29 is 23.8 Å². The number of fused-ring (bicyclic) bond motifs is 3. The number of aliphatic carboxylic acids is 1. The minimum atomic E-state index is -1.12. The van der Waals surface area contributed by atoms with Crippen molar-refractivity contribution in [2.45, 2.75) is 45.3 Å². The molecule has 0 saturated carbocycles. The molecule has 0 unspecified atom stereocenters. The maximum absolute atomic E-state index is 12.0. The first-order valence-corrected chi connectivity index (χ1v) is 8.15. The molecule has 1 aliphatic carbocycles. The Labute approximate surface area is 143 Å². The van der Waals surface area contributed by atoms with Crippen molar-refractivity contribution in [2.75, 3.05) is 0 Å². The second kappa shape index (κ2) is 6.58. The van der Waals surface area contributed by atoms with Crippen LogP contribution >= 0.6 is 0 Å². The molecule has 1 aromatic heterocycles. The first-order chi connectivity index (χ1) is 11.9. The van der Waals surface area contributed by atoms with Crippen LogP contribution < -0.4 is 15.7 Å². The smallest absolute Gasteiger partial charge is 0.339 e. The monoisotopic (exact) mass is 345 g/mol. The molecule has 7 heteroatoms. The summed E-state index contributed by atoms with van der Waals surface area (Å²) in [5.74, 6) is -1.29. The summed E-state index contributed by atoms with van der Waals surface area (Å²) in [4.78, 5) is 34.8. The Balaban J connectivity index is 1.81. The van der Waals surface area contributed by atoms with Crippen LogP contribution in [0.5, 0.6) is 5.75 Å². The summed E-state index contributed by atoms with van der Waals surface area (Å²) < 4.78 is 10.9. The van der Waals surface area contributed by atoms with E-state index < -0.39 is 24.0 Å². The molecule has 2 N–H and O–H groups in total. The van der Waals surface area contributed by atoms with Gasteiger partial charge >= 0.3 is 11.6 Å². The fourth-order valence-electron chi connectivity index (χ4n) is 2.99. The zero-order valence-electron chi connectivity index (χ0n) is 14.0. The van der Waals surface area contributed by atoms with Crippen LogP contribution in [-0.4, -0.2) is 29.1 Å². The van der Waals surface area contributed by atoms with Crippen molar-refractivity contribution in [3.8, 4) is 5.75 Å². The van der Waals surface area contributed by atoms with Gasteiger partial charge in [-0.25, -0.2) is 4.79 Å². The molecule has 0 fully saturated rings. The zero-order valence-corrected chi connectivity index (χ0v) is 14.0. The Morgan fingerprint density at radius 2 is 1.96 bits per heavy atom. The Morgan fingerprint density at radius 3 is 2.68 bits per heavy atom. The molecule has 3 rings (SSSR count). The van der Waals surface area contributed by atoms with E-state index in [0.717, 1.165) is 35.8 Å². The number of rotatable bonds is 5. The third-order valence-corrected chi connectivity index (χ3v) is 4.36. The van der Waals surface area contributed by atoms with Crippen LogP contribution in [0, 0.1) is 0 Å². The first kappa shape index (κ1) is 17.0. The lowest BCUT2D eigenvalue weighted by Crippen LogP contribution is -2.44. The topological polar surface area (TPSA) is 106 Å². The van der Waals surface area contributed by atoms with Crippen molar-refractivity contribution in [3.63, 3.8) is 0 Å². The molecular formula is C18H19NO6. The number of carboxylic acids is 1.